The van der Waals surface area contributed by atoms with Gasteiger partial charge >= 0.3 is 0 Å². The van der Waals surface area contributed by atoms with Crippen LogP contribution < -0.4 is 10.2 Å². The lowest BCUT2D eigenvalue weighted by Gasteiger charge is -2.16. The molecule has 5 heteroatoms. The van der Waals surface area contributed by atoms with E-state index in [2.05, 4.69) is 10.3 Å². The molecular formula is C19H16ClN3O. The maximum Gasteiger partial charge on any atom is 0.276 e. The first-order valence-corrected chi connectivity index (χ1v) is 7.83. The Labute approximate surface area is 145 Å². The van der Waals surface area contributed by atoms with Gasteiger partial charge < -0.3 is 10.2 Å². The zero-order valence-electron chi connectivity index (χ0n) is 13.1. The number of rotatable bonds is 4. The lowest BCUT2D eigenvalue weighted by Crippen LogP contribution is -2.26. The average molecular weight is 338 g/mol. The van der Waals surface area contributed by atoms with Gasteiger partial charge in [0.2, 0.25) is 0 Å². The van der Waals surface area contributed by atoms with E-state index in [1.807, 2.05) is 60.7 Å². The zero-order chi connectivity index (χ0) is 16.9. The molecule has 0 aliphatic rings. The monoisotopic (exact) mass is 337 g/mol. The van der Waals surface area contributed by atoms with E-state index in [0.717, 1.165) is 17.1 Å². The molecule has 3 aromatic rings. The summed E-state index contributed by atoms with van der Waals surface area (Å²) in [6.07, 6.45) is 1.63. The molecule has 4 nitrogen and oxygen atoms in total. The van der Waals surface area contributed by atoms with Crippen molar-refractivity contribution in [3.8, 4) is 0 Å². The molecule has 0 aliphatic heterocycles. The summed E-state index contributed by atoms with van der Waals surface area (Å²) in [5.74, 6) is -0.157. The molecule has 2 aromatic carbocycles. The van der Waals surface area contributed by atoms with Crippen LogP contribution in [-0.4, -0.2) is 17.9 Å². The van der Waals surface area contributed by atoms with Gasteiger partial charge in [0.25, 0.3) is 5.91 Å². The number of anilines is 3. The molecular weight excluding hydrogens is 322 g/mol. The van der Waals surface area contributed by atoms with Gasteiger partial charge in [0.15, 0.2) is 0 Å². The van der Waals surface area contributed by atoms with Crippen molar-refractivity contribution < 1.29 is 4.79 Å². The fourth-order valence-electron chi connectivity index (χ4n) is 2.27. The van der Waals surface area contributed by atoms with Crippen molar-refractivity contribution in [3.63, 3.8) is 0 Å². The first-order chi connectivity index (χ1) is 11.6. The average Bonchev–Trinajstić information content (AvgIpc) is 2.62. The van der Waals surface area contributed by atoms with E-state index in [4.69, 9.17) is 11.6 Å². The molecule has 0 spiro atoms. The summed E-state index contributed by atoms with van der Waals surface area (Å²) in [5.41, 5.74) is 2.87. The normalized spacial score (nSPS) is 10.2. The van der Waals surface area contributed by atoms with Crippen molar-refractivity contribution in [2.24, 2.45) is 0 Å². The molecule has 0 radical (unpaired) electrons. The number of carbonyl (C=O) groups excluding carboxylic acids is 1. The summed E-state index contributed by atoms with van der Waals surface area (Å²) in [4.78, 5) is 18.3. The van der Waals surface area contributed by atoms with Crippen molar-refractivity contribution in [1.29, 1.82) is 0 Å². The molecule has 120 valence electrons. The number of amides is 1. The third-order valence-electron chi connectivity index (χ3n) is 3.54. The molecule has 1 N–H and O–H groups in total. The van der Waals surface area contributed by atoms with E-state index in [1.165, 1.54) is 0 Å². The van der Waals surface area contributed by atoms with Gasteiger partial charge in [-0.25, -0.2) is 4.98 Å². The number of aromatic nitrogens is 1. The van der Waals surface area contributed by atoms with Gasteiger partial charge in [-0.15, -0.1) is 0 Å². The van der Waals surface area contributed by atoms with Gasteiger partial charge in [0, 0.05) is 23.4 Å². The smallest absolute Gasteiger partial charge is 0.276 e. The molecule has 24 heavy (non-hydrogen) atoms. The third kappa shape index (κ3) is 3.73. The van der Waals surface area contributed by atoms with E-state index in [1.54, 1.807) is 24.2 Å². The van der Waals surface area contributed by atoms with Gasteiger partial charge in [-0.2, -0.15) is 0 Å². The second-order valence-corrected chi connectivity index (χ2v) is 5.70. The van der Waals surface area contributed by atoms with Crippen LogP contribution in [0.15, 0.2) is 72.9 Å². The first kappa shape index (κ1) is 16.0. The number of nitrogens with zero attached hydrogens (tertiary/aromatic N) is 2. The molecule has 1 aromatic heterocycles. The topological polar surface area (TPSA) is 45.2 Å². The van der Waals surface area contributed by atoms with Crippen LogP contribution in [0.3, 0.4) is 0 Å². The maximum atomic E-state index is 12.5. The van der Waals surface area contributed by atoms with Gasteiger partial charge in [-0.05, 0) is 42.5 Å². The fraction of sp³-hybridized carbons (Fsp3) is 0.0526. The Morgan fingerprint density at radius 2 is 1.79 bits per heavy atom. The number of halogens is 1. The van der Waals surface area contributed by atoms with Crippen molar-refractivity contribution in [3.05, 3.63) is 83.6 Å². The van der Waals surface area contributed by atoms with Crippen LogP contribution in [0, 0.1) is 0 Å². The zero-order valence-corrected chi connectivity index (χ0v) is 13.9. The first-order valence-electron chi connectivity index (χ1n) is 7.45. The Morgan fingerprint density at radius 3 is 2.46 bits per heavy atom. The second kappa shape index (κ2) is 7.15. The lowest BCUT2D eigenvalue weighted by molar-refractivity contribution is 0.0988. The standard InChI is InChI=1S/C19H16ClN3O/c1-23(17-8-3-2-4-9-17)19(24)18-11-10-16(13-21-18)22-15-7-5-6-14(20)12-15/h2-13,22H,1H3. The van der Waals surface area contributed by atoms with Crippen LogP contribution in [0.2, 0.25) is 5.02 Å². The Morgan fingerprint density at radius 1 is 1.00 bits per heavy atom. The molecule has 0 aliphatic carbocycles. The summed E-state index contributed by atoms with van der Waals surface area (Å²) in [6.45, 7) is 0. The second-order valence-electron chi connectivity index (χ2n) is 5.27. The van der Waals surface area contributed by atoms with Crippen LogP contribution in [0.1, 0.15) is 10.5 Å². The highest BCUT2D eigenvalue weighted by molar-refractivity contribution is 6.30. The number of pyridine rings is 1. The lowest BCUT2D eigenvalue weighted by atomic mass is 10.2. The quantitative estimate of drug-likeness (QED) is 0.746. The Balaban J connectivity index is 1.73. The van der Waals surface area contributed by atoms with Gasteiger partial charge in [0.1, 0.15) is 5.69 Å². The molecule has 0 bridgehead atoms. The van der Waals surface area contributed by atoms with E-state index in [-0.39, 0.29) is 5.91 Å². The molecule has 1 heterocycles. The number of nitrogens with one attached hydrogen (secondary N) is 1. The summed E-state index contributed by atoms with van der Waals surface area (Å²) in [7, 11) is 1.73. The number of carbonyl (C=O) groups is 1. The van der Waals surface area contributed by atoms with Crippen LogP contribution in [-0.2, 0) is 0 Å². The highest BCUT2D eigenvalue weighted by Crippen LogP contribution is 2.20. The number of benzene rings is 2. The SMILES string of the molecule is CN(C(=O)c1ccc(Nc2cccc(Cl)c2)cn1)c1ccccc1. The summed E-state index contributed by atoms with van der Waals surface area (Å²) in [6, 6.07) is 20.4. The molecule has 3 rings (SSSR count). The number of hydrogen-bond acceptors (Lipinski definition) is 3. The maximum absolute atomic E-state index is 12.5. The predicted octanol–water partition coefficient (Wildman–Crippen LogP) is 4.76. The number of hydrogen-bond donors (Lipinski definition) is 1. The van der Waals surface area contributed by atoms with E-state index in [0.29, 0.717) is 10.7 Å². The minimum absolute atomic E-state index is 0.157. The van der Waals surface area contributed by atoms with Crippen LogP contribution in [0.5, 0.6) is 0 Å². The van der Waals surface area contributed by atoms with Crippen molar-refractivity contribution in [1.82, 2.24) is 4.98 Å². The Bertz CT molecular complexity index is 835. The third-order valence-corrected chi connectivity index (χ3v) is 3.78. The van der Waals surface area contributed by atoms with Crippen LogP contribution in [0.25, 0.3) is 0 Å². The predicted molar refractivity (Wildman–Crippen MR) is 98.1 cm³/mol. The van der Waals surface area contributed by atoms with E-state index in [9.17, 15) is 4.79 Å². The van der Waals surface area contributed by atoms with Gasteiger partial charge in [0.05, 0.1) is 11.9 Å². The van der Waals surface area contributed by atoms with Gasteiger partial charge in [-0.3, -0.25) is 4.79 Å². The Kier molecular flexibility index (Phi) is 4.77. The van der Waals surface area contributed by atoms with Crippen molar-refractivity contribution in [2.45, 2.75) is 0 Å². The van der Waals surface area contributed by atoms with Crippen LogP contribution >= 0.6 is 11.6 Å². The fourth-order valence-corrected chi connectivity index (χ4v) is 2.46. The van der Waals surface area contributed by atoms with Crippen molar-refractivity contribution >= 4 is 34.6 Å². The molecule has 0 fully saturated rings. The van der Waals surface area contributed by atoms with E-state index >= 15 is 0 Å². The van der Waals surface area contributed by atoms with Crippen LogP contribution in [0.4, 0.5) is 17.1 Å². The minimum Gasteiger partial charge on any atom is -0.354 e. The van der Waals surface area contributed by atoms with Crippen molar-refractivity contribution in [2.75, 3.05) is 17.3 Å². The Hall–Kier alpha value is -2.85. The molecule has 0 saturated heterocycles. The highest BCUT2D eigenvalue weighted by atomic mass is 35.5. The molecule has 0 unspecified atom stereocenters. The minimum atomic E-state index is -0.157. The highest BCUT2D eigenvalue weighted by Gasteiger charge is 2.14. The largest absolute Gasteiger partial charge is 0.354 e. The summed E-state index contributed by atoms with van der Waals surface area (Å²) < 4.78 is 0. The van der Waals surface area contributed by atoms with E-state index < -0.39 is 0 Å². The summed E-state index contributed by atoms with van der Waals surface area (Å²) in [5, 5.41) is 3.86. The molecule has 0 saturated carbocycles. The molecule has 1 amide bonds. The molecule has 0 atom stereocenters. The number of para-hydroxylation sites is 1. The summed E-state index contributed by atoms with van der Waals surface area (Å²) >= 11 is 5.97. The van der Waals surface area contributed by atoms with Gasteiger partial charge in [-0.1, -0.05) is 35.9 Å².